The number of nitrogens with one attached hydrogen (secondary N) is 3. The van der Waals surface area contributed by atoms with Gasteiger partial charge in [-0.25, -0.2) is 0 Å². The summed E-state index contributed by atoms with van der Waals surface area (Å²) in [6.45, 7) is 8.73. The lowest BCUT2D eigenvalue weighted by Gasteiger charge is -2.27. The van der Waals surface area contributed by atoms with E-state index in [0.717, 1.165) is 32.4 Å². The van der Waals surface area contributed by atoms with E-state index in [1.807, 2.05) is 13.8 Å². The number of hydrogen-bond donors (Lipinski definition) is 3. The quantitative estimate of drug-likeness (QED) is 0.635. The molecule has 5 nitrogen and oxygen atoms in total. The van der Waals surface area contributed by atoms with Crippen LogP contribution in [-0.2, 0) is 9.59 Å². The van der Waals surface area contributed by atoms with Crippen molar-refractivity contribution in [2.75, 3.05) is 19.6 Å². The van der Waals surface area contributed by atoms with Crippen molar-refractivity contribution in [2.24, 2.45) is 11.8 Å². The van der Waals surface area contributed by atoms with Gasteiger partial charge in [-0.15, -0.1) is 12.4 Å². The number of carbonyl (C=O) groups is 2. The smallest absolute Gasteiger partial charge is 0.221 e. The highest BCUT2D eigenvalue weighted by molar-refractivity contribution is 5.85. The Morgan fingerprint density at radius 2 is 1.82 bits per heavy atom. The van der Waals surface area contributed by atoms with Crippen LogP contribution in [0.4, 0.5) is 0 Å². The van der Waals surface area contributed by atoms with Gasteiger partial charge in [-0.05, 0) is 51.1 Å². The van der Waals surface area contributed by atoms with Crippen LogP contribution >= 0.6 is 12.4 Å². The first-order valence-corrected chi connectivity index (χ1v) is 8.29. The Hall–Kier alpha value is -0.810. The molecule has 0 spiro atoms. The van der Waals surface area contributed by atoms with Crippen molar-refractivity contribution in [2.45, 2.75) is 58.9 Å². The van der Waals surface area contributed by atoms with E-state index in [2.05, 4.69) is 22.9 Å². The van der Waals surface area contributed by atoms with Gasteiger partial charge in [0.1, 0.15) is 0 Å². The van der Waals surface area contributed by atoms with E-state index in [9.17, 15) is 9.59 Å². The minimum absolute atomic E-state index is 0. The van der Waals surface area contributed by atoms with Crippen LogP contribution in [0.3, 0.4) is 0 Å². The van der Waals surface area contributed by atoms with Gasteiger partial charge in [0.05, 0.1) is 0 Å². The standard InChI is InChI=1S/C16H31N3O2.ClH/c1-4-13(3)19-15(20)7-10-18-16(21)11-12(2)14-5-8-17-9-6-14;/h12-14,17H,4-11H2,1-3H3,(H,18,21)(H,19,20);1H. The second-order valence-corrected chi connectivity index (χ2v) is 6.25. The summed E-state index contributed by atoms with van der Waals surface area (Å²) in [6, 6.07) is 0.202. The van der Waals surface area contributed by atoms with Crippen molar-refractivity contribution >= 4 is 24.2 Å². The first-order valence-electron chi connectivity index (χ1n) is 8.29. The van der Waals surface area contributed by atoms with Gasteiger partial charge in [0.15, 0.2) is 0 Å². The molecule has 0 aromatic rings. The van der Waals surface area contributed by atoms with Gasteiger partial charge in [-0.2, -0.15) is 0 Å². The predicted octanol–water partition coefficient (Wildman–Crippen LogP) is 1.85. The Morgan fingerprint density at radius 3 is 2.41 bits per heavy atom. The molecule has 0 saturated carbocycles. The van der Waals surface area contributed by atoms with E-state index in [-0.39, 0.29) is 30.3 Å². The van der Waals surface area contributed by atoms with Crippen LogP contribution in [0.25, 0.3) is 0 Å². The van der Waals surface area contributed by atoms with Gasteiger partial charge >= 0.3 is 0 Å². The largest absolute Gasteiger partial charge is 0.356 e. The van der Waals surface area contributed by atoms with Gasteiger partial charge in [-0.3, -0.25) is 9.59 Å². The van der Waals surface area contributed by atoms with Crippen LogP contribution in [0.1, 0.15) is 52.9 Å². The second kappa shape index (κ2) is 11.7. The molecule has 0 bridgehead atoms. The fourth-order valence-corrected chi connectivity index (χ4v) is 2.71. The average molecular weight is 334 g/mol. The topological polar surface area (TPSA) is 70.2 Å². The molecular formula is C16H32ClN3O2. The summed E-state index contributed by atoms with van der Waals surface area (Å²) in [5, 5.41) is 9.10. The summed E-state index contributed by atoms with van der Waals surface area (Å²) in [7, 11) is 0. The highest BCUT2D eigenvalue weighted by Crippen LogP contribution is 2.23. The first kappa shape index (κ1) is 21.2. The molecule has 1 aliphatic heterocycles. The summed E-state index contributed by atoms with van der Waals surface area (Å²) in [5.74, 6) is 1.14. The van der Waals surface area contributed by atoms with Crippen LogP contribution in [-0.4, -0.2) is 37.5 Å². The third-order valence-electron chi connectivity index (χ3n) is 4.39. The molecule has 22 heavy (non-hydrogen) atoms. The van der Waals surface area contributed by atoms with E-state index in [0.29, 0.717) is 31.2 Å². The normalized spacial score (nSPS) is 18.0. The number of halogens is 1. The van der Waals surface area contributed by atoms with Gasteiger partial charge in [0.25, 0.3) is 0 Å². The molecule has 0 aromatic heterocycles. The summed E-state index contributed by atoms with van der Waals surface area (Å²) in [6.07, 6.45) is 4.17. The van der Waals surface area contributed by atoms with Gasteiger partial charge in [-0.1, -0.05) is 13.8 Å². The maximum absolute atomic E-state index is 11.9. The number of amides is 2. The Morgan fingerprint density at radius 1 is 1.18 bits per heavy atom. The van der Waals surface area contributed by atoms with Crippen molar-refractivity contribution in [1.82, 2.24) is 16.0 Å². The molecule has 1 rings (SSSR count). The third-order valence-corrected chi connectivity index (χ3v) is 4.39. The van der Waals surface area contributed by atoms with Gasteiger partial charge in [0, 0.05) is 25.4 Å². The number of carbonyl (C=O) groups excluding carboxylic acids is 2. The predicted molar refractivity (Wildman–Crippen MR) is 92.1 cm³/mol. The fourth-order valence-electron chi connectivity index (χ4n) is 2.71. The van der Waals surface area contributed by atoms with Gasteiger partial charge < -0.3 is 16.0 Å². The van der Waals surface area contributed by atoms with Crippen molar-refractivity contribution in [3.8, 4) is 0 Å². The van der Waals surface area contributed by atoms with Crippen LogP contribution in [0.5, 0.6) is 0 Å². The summed E-state index contributed by atoms with van der Waals surface area (Å²) >= 11 is 0. The summed E-state index contributed by atoms with van der Waals surface area (Å²) < 4.78 is 0. The molecule has 1 fully saturated rings. The van der Waals surface area contributed by atoms with Gasteiger partial charge in [0.2, 0.25) is 11.8 Å². The van der Waals surface area contributed by atoms with Crippen molar-refractivity contribution in [3.05, 3.63) is 0 Å². The van der Waals surface area contributed by atoms with E-state index >= 15 is 0 Å². The number of piperidine rings is 1. The molecule has 0 radical (unpaired) electrons. The zero-order valence-corrected chi connectivity index (χ0v) is 14.9. The average Bonchev–Trinajstić information content (AvgIpc) is 2.47. The van der Waals surface area contributed by atoms with Crippen LogP contribution in [0.2, 0.25) is 0 Å². The summed E-state index contributed by atoms with van der Waals surface area (Å²) in [5.41, 5.74) is 0. The monoisotopic (exact) mass is 333 g/mol. The zero-order chi connectivity index (χ0) is 15.7. The minimum atomic E-state index is 0. The Balaban J connectivity index is 0.00000441. The Kier molecular flexibility index (Phi) is 11.3. The molecule has 1 aliphatic rings. The van der Waals surface area contributed by atoms with E-state index in [4.69, 9.17) is 0 Å². The van der Waals surface area contributed by atoms with Crippen molar-refractivity contribution < 1.29 is 9.59 Å². The molecule has 130 valence electrons. The SMILES string of the molecule is CCC(C)NC(=O)CCNC(=O)CC(C)C1CCNCC1.Cl. The highest BCUT2D eigenvalue weighted by Gasteiger charge is 2.21. The Bertz CT molecular complexity index is 333. The third kappa shape index (κ3) is 8.59. The second-order valence-electron chi connectivity index (χ2n) is 6.25. The first-order chi connectivity index (χ1) is 10.0. The Labute approximate surface area is 140 Å². The lowest BCUT2D eigenvalue weighted by molar-refractivity contribution is -0.123. The van der Waals surface area contributed by atoms with E-state index < -0.39 is 0 Å². The maximum atomic E-state index is 11.9. The maximum Gasteiger partial charge on any atom is 0.221 e. The molecule has 3 N–H and O–H groups in total. The summed E-state index contributed by atoms with van der Waals surface area (Å²) in [4.78, 5) is 23.5. The van der Waals surface area contributed by atoms with E-state index in [1.54, 1.807) is 0 Å². The molecule has 2 atom stereocenters. The fraction of sp³-hybridized carbons (Fsp3) is 0.875. The molecular weight excluding hydrogens is 302 g/mol. The lowest BCUT2D eigenvalue weighted by Crippen LogP contribution is -2.36. The highest BCUT2D eigenvalue weighted by atomic mass is 35.5. The zero-order valence-electron chi connectivity index (χ0n) is 14.1. The molecule has 1 heterocycles. The lowest BCUT2D eigenvalue weighted by atomic mass is 9.84. The number of hydrogen-bond acceptors (Lipinski definition) is 3. The molecule has 2 unspecified atom stereocenters. The molecule has 0 aromatic carbocycles. The van der Waals surface area contributed by atoms with E-state index in [1.165, 1.54) is 0 Å². The molecule has 0 aliphatic carbocycles. The molecule has 1 saturated heterocycles. The molecule has 6 heteroatoms. The number of rotatable bonds is 8. The van der Waals surface area contributed by atoms with Crippen LogP contribution in [0, 0.1) is 11.8 Å². The van der Waals surface area contributed by atoms with Crippen molar-refractivity contribution in [1.29, 1.82) is 0 Å². The van der Waals surface area contributed by atoms with Crippen LogP contribution < -0.4 is 16.0 Å². The van der Waals surface area contributed by atoms with Crippen LogP contribution in [0.15, 0.2) is 0 Å². The molecule has 2 amide bonds. The van der Waals surface area contributed by atoms with Crippen molar-refractivity contribution in [3.63, 3.8) is 0 Å². The minimum Gasteiger partial charge on any atom is -0.356 e.